The summed E-state index contributed by atoms with van der Waals surface area (Å²) in [6.45, 7) is 1.69. The summed E-state index contributed by atoms with van der Waals surface area (Å²) in [5.74, 6) is -1.78. The molecule has 20 heavy (non-hydrogen) atoms. The van der Waals surface area contributed by atoms with Crippen LogP contribution in [-0.2, 0) is 0 Å². The van der Waals surface area contributed by atoms with E-state index in [9.17, 15) is 8.78 Å². The van der Waals surface area contributed by atoms with Crippen LogP contribution >= 0.6 is 34.8 Å². The fraction of sp³-hybridized carbons (Fsp3) is 0.143. The van der Waals surface area contributed by atoms with Crippen molar-refractivity contribution >= 4 is 40.5 Å². The van der Waals surface area contributed by atoms with Crippen LogP contribution in [0, 0.1) is 11.6 Å². The maximum Gasteiger partial charge on any atom is 0.164 e. The fourth-order valence-electron chi connectivity index (χ4n) is 1.80. The first-order chi connectivity index (χ1) is 9.40. The van der Waals surface area contributed by atoms with Gasteiger partial charge >= 0.3 is 0 Å². The van der Waals surface area contributed by atoms with Gasteiger partial charge in [-0.15, -0.1) is 0 Å². The molecule has 2 aromatic carbocycles. The molecule has 0 aliphatic carbocycles. The molecule has 0 aliphatic heterocycles. The van der Waals surface area contributed by atoms with Gasteiger partial charge in [-0.05, 0) is 25.1 Å². The van der Waals surface area contributed by atoms with Gasteiger partial charge in [0.25, 0.3) is 0 Å². The Labute approximate surface area is 130 Å². The van der Waals surface area contributed by atoms with Crippen LogP contribution in [0.1, 0.15) is 18.5 Å². The second-order valence-electron chi connectivity index (χ2n) is 4.26. The second-order valence-corrected chi connectivity index (χ2v) is 5.48. The third kappa shape index (κ3) is 3.17. The van der Waals surface area contributed by atoms with E-state index in [1.165, 1.54) is 18.2 Å². The summed E-state index contributed by atoms with van der Waals surface area (Å²) in [5, 5.41) is 3.98. The number of benzene rings is 2. The van der Waals surface area contributed by atoms with Gasteiger partial charge in [-0.2, -0.15) is 0 Å². The van der Waals surface area contributed by atoms with Crippen molar-refractivity contribution in [3.63, 3.8) is 0 Å². The summed E-state index contributed by atoms with van der Waals surface area (Å²) in [5.41, 5.74) is 0.698. The highest BCUT2D eigenvalue weighted by Gasteiger charge is 2.15. The van der Waals surface area contributed by atoms with Gasteiger partial charge < -0.3 is 5.32 Å². The van der Waals surface area contributed by atoms with Crippen molar-refractivity contribution < 1.29 is 8.78 Å². The van der Waals surface area contributed by atoms with Gasteiger partial charge in [-0.25, -0.2) is 8.78 Å². The molecular formula is C14H10Cl3F2N. The van der Waals surface area contributed by atoms with Crippen molar-refractivity contribution in [2.24, 2.45) is 0 Å². The lowest BCUT2D eigenvalue weighted by atomic mass is 10.1. The predicted molar refractivity (Wildman–Crippen MR) is 79.9 cm³/mol. The van der Waals surface area contributed by atoms with E-state index in [2.05, 4.69) is 5.32 Å². The van der Waals surface area contributed by atoms with Crippen molar-refractivity contribution in [2.45, 2.75) is 13.0 Å². The Balaban J connectivity index is 2.30. The Kier molecular flexibility index (Phi) is 4.74. The molecule has 0 aromatic heterocycles. The zero-order valence-electron chi connectivity index (χ0n) is 10.4. The van der Waals surface area contributed by atoms with E-state index in [4.69, 9.17) is 34.8 Å². The first kappa shape index (κ1) is 15.4. The summed E-state index contributed by atoms with van der Waals surface area (Å²) in [4.78, 5) is 0. The second kappa shape index (κ2) is 6.17. The van der Waals surface area contributed by atoms with Gasteiger partial charge in [0.2, 0.25) is 0 Å². The van der Waals surface area contributed by atoms with E-state index in [0.29, 0.717) is 20.8 Å². The summed E-state index contributed by atoms with van der Waals surface area (Å²) < 4.78 is 26.9. The summed E-state index contributed by atoms with van der Waals surface area (Å²) >= 11 is 17.8. The lowest BCUT2D eigenvalue weighted by Crippen LogP contribution is -2.10. The molecule has 0 saturated heterocycles. The van der Waals surface area contributed by atoms with Crippen LogP contribution in [-0.4, -0.2) is 0 Å². The first-order valence-corrected chi connectivity index (χ1v) is 6.88. The number of anilines is 1. The van der Waals surface area contributed by atoms with Crippen molar-refractivity contribution in [3.8, 4) is 0 Å². The molecule has 0 radical (unpaired) electrons. The number of hydrogen-bond donors (Lipinski definition) is 1. The molecule has 1 N–H and O–H groups in total. The molecule has 0 saturated carbocycles. The van der Waals surface area contributed by atoms with Crippen molar-refractivity contribution in [2.75, 3.05) is 5.32 Å². The minimum Gasteiger partial charge on any atom is -0.377 e. The van der Waals surface area contributed by atoms with Crippen molar-refractivity contribution in [1.82, 2.24) is 0 Å². The quantitative estimate of drug-likeness (QED) is 0.668. The number of hydrogen-bond acceptors (Lipinski definition) is 1. The van der Waals surface area contributed by atoms with Crippen LogP contribution in [0.4, 0.5) is 14.5 Å². The van der Waals surface area contributed by atoms with Crippen LogP contribution < -0.4 is 5.32 Å². The summed E-state index contributed by atoms with van der Waals surface area (Å²) in [6.07, 6.45) is 0. The molecule has 6 heteroatoms. The van der Waals surface area contributed by atoms with Gasteiger partial charge in [-0.3, -0.25) is 0 Å². The molecule has 0 aliphatic rings. The van der Waals surface area contributed by atoms with E-state index in [1.54, 1.807) is 13.0 Å². The summed E-state index contributed by atoms with van der Waals surface area (Å²) in [6, 6.07) is 6.56. The minimum absolute atomic E-state index is 0.201. The van der Waals surface area contributed by atoms with Crippen molar-refractivity contribution in [1.29, 1.82) is 0 Å². The molecular weight excluding hydrogens is 327 g/mol. The highest BCUT2D eigenvalue weighted by Crippen LogP contribution is 2.34. The van der Waals surface area contributed by atoms with Crippen LogP contribution in [0.15, 0.2) is 30.3 Å². The summed E-state index contributed by atoms with van der Waals surface area (Å²) in [7, 11) is 0. The smallest absolute Gasteiger partial charge is 0.164 e. The highest BCUT2D eigenvalue weighted by atomic mass is 35.5. The largest absolute Gasteiger partial charge is 0.377 e. The van der Waals surface area contributed by atoms with Gasteiger partial charge in [-0.1, -0.05) is 46.9 Å². The lowest BCUT2D eigenvalue weighted by molar-refractivity contribution is 0.494. The normalized spacial score (nSPS) is 12.3. The Morgan fingerprint density at radius 1 is 1.00 bits per heavy atom. The molecule has 0 spiro atoms. The highest BCUT2D eigenvalue weighted by molar-refractivity contribution is 6.44. The van der Waals surface area contributed by atoms with E-state index in [-0.39, 0.29) is 5.56 Å². The number of halogens is 5. The van der Waals surface area contributed by atoms with Gasteiger partial charge in [0.1, 0.15) is 0 Å². The standard InChI is InChI=1S/C14H10Cl3F2N/c1-7(8-3-2-4-12(18)14(8)19)20-13-6-10(16)9(15)5-11(13)17/h2-7,20H,1H3. The first-order valence-electron chi connectivity index (χ1n) is 5.75. The SMILES string of the molecule is CC(Nc1cc(Cl)c(Cl)cc1Cl)c1cccc(F)c1F. The average molecular weight is 337 g/mol. The van der Waals surface area contributed by atoms with Crippen LogP contribution in [0.25, 0.3) is 0 Å². The molecule has 1 unspecified atom stereocenters. The lowest BCUT2D eigenvalue weighted by Gasteiger charge is -2.18. The molecule has 0 heterocycles. The van der Waals surface area contributed by atoms with Gasteiger partial charge in [0.05, 0.1) is 26.8 Å². The maximum atomic E-state index is 13.7. The molecule has 106 valence electrons. The minimum atomic E-state index is -0.892. The van der Waals surface area contributed by atoms with Crippen molar-refractivity contribution in [3.05, 3.63) is 62.6 Å². The van der Waals surface area contributed by atoms with Crippen LogP contribution in [0.5, 0.6) is 0 Å². The van der Waals surface area contributed by atoms with Crippen LogP contribution in [0.2, 0.25) is 15.1 Å². The molecule has 0 bridgehead atoms. The molecule has 0 amide bonds. The molecule has 1 atom stereocenters. The van der Waals surface area contributed by atoms with Gasteiger partial charge in [0.15, 0.2) is 11.6 Å². The zero-order chi connectivity index (χ0) is 14.9. The number of nitrogens with one attached hydrogen (secondary N) is 1. The Morgan fingerprint density at radius 3 is 2.35 bits per heavy atom. The fourth-order valence-corrected chi connectivity index (χ4v) is 2.40. The van der Waals surface area contributed by atoms with E-state index >= 15 is 0 Å². The Hall–Kier alpha value is -1.03. The molecule has 2 aromatic rings. The van der Waals surface area contributed by atoms with E-state index in [1.807, 2.05) is 0 Å². The molecule has 1 nitrogen and oxygen atoms in total. The van der Waals surface area contributed by atoms with Gasteiger partial charge in [0, 0.05) is 5.56 Å². The average Bonchev–Trinajstić information content (AvgIpc) is 2.39. The zero-order valence-corrected chi connectivity index (χ0v) is 12.6. The Morgan fingerprint density at radius 2 is 1.65 bits per heavy atom. The molecule has 0 fully saturated rings. The number of rotatable bonds is 3. The Bertz CT molecular complexity index is 647. The molecule has 2 rings (SSSR count). The monoisotopic (exact) mass is 335 g/mol. The maximum absolute atomic E-state index is 13.7. The topological polar surface area (TPSA) is 12.0 Å². The van der Waals surface area contributed by atoms with E-state index in [0.717, 1.165) is 6.07 Å². The van der Waals surface area contributed by atoms with E-state index < -0.39 is 17.7 Å². The third-order valence-electron chi connectivity index (χ3n) is 2.83. The third-order valence-corrected chi connectivity index (χ3v) is 3.86. The van der Waals surface area contributed by atoms with Crippen LogP contribution in [0.3, 0.4) is 0 Å². The predicted octanol–water partition coefficient (Wildman–Crippen LogP) is 6.10.